The summed E-state index contributed by atoms with van der Waals surface area (Å²) in [5.41, 5.74) is -0.138. The first-order valence-corrected chi connectivity index (χ1v) is 5.35. The van der Waals surface area contributed by atoms with Crippen molar-refractivity contribution in [2.45, 2.75) is 12.6 Å². The predicted octanol–water partition coefficient (Wildman–Crippen LogP) is 1.28. The molecule has 1 unspecified atom stereocenters. The van der Waals surface area contributed by atoms with E-state index >= 15 is 0 Å². The molecule has 0 radical (unpaired) electrons. The average molecular weight is 238 g/mol. The first kappa shape index (κ1) is 11.0. The van der Waals surface area contributed by atoms with Gasteiger partial charge in [0, 0.05) is 13.1 Å². The van der Waals surface area contributed by atoms with Crippen LogP contribution in [-0.2, 0) is 6.54 Å². The van der Waals surface area contributed by atoms with E-state index in [0.717, 1.165) is 0 Å². The zero-order valence-electron chi connectivity index (χ0n) is 8.88. The molecule has 5 heteroatoms. The van der Waals surface area contributed by atoms with Crippen LogP contribution >= 0.6 is 11.6 Å². The van der Waals surface area contributed by atoms with Gasteiger partial charge in [0.2, 0.25) is 0 Å². The number of rotatable bonds is 2. The van der Waals surface area contributed by atoms with E-state index in [1.165, 1.54) is 16.8 Å². The van der Waals surface area contributed by atoms with Crippen molar-refractivity contribution in [2.75, 3.05) is 7.05 Å². The van der Waals surface area contributed by atoms with Gasteiger partial charge in [0.25, 0.3) is 5.56 Å². The highest BCUT2D eigenvalue weighted by molar-refractivity contribution is 6.29. The van der Waals surface area contributed by atoms with E-state index in [4.69, 9.17) is 11.6 Å². The summed E-state index contributed by atoms with van der Waals surface area (Å²) in [6.45, 7) is 0.497. The molecule has 1 aliphatic heterocycles. The molecule has 0 saturated carbocycles. The Morgan fingerprint density at radius 1 is 1.44 bits per heavy atom. The summed E-state index contributed by atoms with van der Waals surface area (Å²) in [5.74, 6) is 0. The first-order chi connectivity index (χ1) is 7.66. The number of aromatic nitrogens is 2. The third kappa shape index (κ3) is 2.33. The number of allylic oxidation sites excluding steroid dienone is 2. The van der Waals surface area contributed by atoms with Crippen molar-refractivity contribution < 1.29 is 0 Å². The fourth-order valence-corrected chi connectivity index (χ4v) is 1.70. The van der Waals surface area contributed by atoms with Crippen LogP contribution in [0, 0.1) is 0 Å². The number of nitrogens with zero attached hydrogens (tertiary/aromatic N) is 3. The molecule has 1 aromatic rings. The van der Waals surface area contributed by atoms with Crippen molar-refractivity contribution in [1.82, 2.24) is 14.7 Å². The fourth-order valence-electron chi connectivity index (χ4n) is 1.55. The zero-order chi connectivity index (χ0) is 11.5. The monoisotopic (exact) mass is 237 g/mol. The molecule has 2 rings (SSSR count). The summed E-state index contributed by atoms with van der Waals surface area (Å²) in [4.78, 5) is 13.6. The Labute approximate surface area is 98.4 Å². The number of halogens is 1. The molecule has 0 amide bonds. The van der Waals surface area contributed by atoms with Crippen molar-refractivity contribution in [1.29, 1.82) is 0 Å². The van der Waals surface area contributed by atoms with Crippen LogP contribution in [-0.4, -0.2) is 27.8 Å². The van der Waals surface area contributed by atoms with E-state index < -0.39 is 0 Å². The molecule has 1 aromatic heterocycles. The Balaban J connectivity index is 2.21. The molecule has 0 N–H and O–H groups in total. The second-order valence-corrected chi connectivity index (χ2v) is 4.02. The highest BCUT2D eigenvalue weighted by Gasteiger charge is 2.12. The molecule has 0 saturated heterocycles. The van der Waals surface area contributed by atoms with Crippen LogP contribution in [0.1, 0.15) is 0 Å². The number of hydrogen-bond donors (Lipinski definition) is 0. The maximum atomic E-state index is 11.5. The Morgan fingerprint density at radius 2 is 2.25 bits per heavy atom. The Kier molecular flexibility index (Phi) is 3.10. The van der Waals surface area contributed by atoms with Gasteiger partial charge < -0.3 is 4.90 Å². The van der Waals surface area contributed by atoms with E-state index in [1.54, 1.807) is 0 Å². The SMILES string of the molecule is CN1C=CC=CC1Cn1nc(Cl)ccc1=O. The molecule has 0 aromatic carbocycles. The molecule has 1 atom stereocenters. The largest absolute Gasteiger partial charge is 0.372 e. The van der Waals surface area contributed by atoms with Gasteiger partial charge in [0.15, 0.2) is 0 Å². The topological polar surface area (TPSA) is 38.1 Å². The van der Waals surface area contributed by atoms with Gasteiger partial charge in [-0.05, 0) is 18.3 Å². The predicted molar refractivity (Wildman–Crippen MR) is 63.3 cm³/mol. The normalized spacial score (nSPS) is 19.1. The highest BCUT2D eigenvalue weighted by Crippen LogP contribution is 2.07. The molecule has 0 spiro atoms. The lowest BCUT2D eigenvalue weighted by molar-refractivity contribution is 0.327. The van der Waals surface area contributed by atoms with Crippen molar-refractivity contribution >= 4 is 11.6 Å². The van der Waals surface area contributed by atoms with Gasteiger partial charge >= 0.3 is 0 Å². The molecule has 84 valence electrons. The van der Waals surface area contributed by atoms with Gasteiger partial charge in [-0.3, -0.25) is 4.79 Å². The Hall–Kier alpha value is -1.55. The van der Waals surface area contributed by atoms with Crippen LogP contribution in [0.15, 0.2) is 41.4 Å². The van der Waals surface area contributed by atoms with Crippen LogP contribution in [0.3, 0.4) is 0 Å². The van der Waals surface area contributed by atoms with E-state index in [2.05, 4.69) is 5.10 Å². The fraction of sp³-hybridized carbons (Fsp3) is 0.273. The standard InChI is InChI=1S/C11H12ClN3O/c1-14-7-3-2-4-9(14)8-15-11(16)6-5-10(12)13-15/h2-7,9H,8H2,1H3. The summed E-state index contributed by atoms with van der Waals surface area (Å²) in [7, 11) is 1.96. The Bertz CT molecular complexity index is 492. The molecule has 16 heavy (non-hydrogen) atoms. The summed E-state index contributed by atoms with van der Waals surface area (Å²) in [6, 6.07) is 3.06. The van der Waals surface area contributed by atoms with Gasteiger partial charge in [0.05, 0.1) is 12.6 Å². The molecule has 2 heterocycles. The molecule has 0 fully saturated rings. The van der Waals surface area contributed by atoms with Crippen LogP contribution in [0.2, 0.25) is 5.15 Å². The van der Waals surface area contributed by atoms with Crippen molar-refractivity contribution in [3.8, 4) is 0 Å². The lowest BCUT2D eigenvalue weighted by Gasteiger charge is -2.26. The van der Waals surface area contributed by atoms with Crippen LogP contribution in [0.25, 0.3) is 0 Å². The number of likely N-dealkylation sites (N-methyl/N-ethyl adjacent to an activating group) is 1. The van der Waals surface area contributed by atoms with Crippen molar-refractivity contribution in [3.63, 3.8) is 0 Å². The third-order valence-electron chi connectivity index (χ3n) is 2.48. The molecule has 4 nitrogen and oxygen atoms in total. The smallest absolute Gasteiger partial charge is 0.266 e. The maximum absolute atomic E-state index is 11.5. The van der Waals surface area contributed by atoms with E-state index in [-0.39, 0.29) is 11.6 Å². The molecule has 0 bridgehead atoms. The highest BCUT2D eigenvalue weighted by atomic mass is 35.5. The zero-order valence-corrected chi connectivity index (χ0v) is 9.63. The Morgan fingerprint density at radius 3 is 3.00 bits per heavy atom. The minimum absolute atomic E-state index is 0.133. The number of hydrogen-bond acceptors (Lipinski definition) is 3. The van der Waals surface area contributed by atoms with Crippen molar-refractivity contribution in [3.05, 3.63) is 52.1 Å². The minimum Gasteiger partial charge on any atom is -0.372 e. The van der Waals surface area contributed by atoms with E-state index in [9.17, 15) is 4.79 Å². The van der Waals surface area contributed by atoms with Crippen LogP contribution in [0.5, 0.6) is 0 Å². The van der Waals surface area contributed by atoms with Gasteiger partial charge in [-0.25, -0.2) is 4.68 Å². The third-order valence-corrected chi connectivity index (χ3v) is 2.68. The second-order valence-electron chi connectivity index (χ2n) is 3.64. The van der Waals surface area contributed by atoms with Gasteiger partial charge in [-0.2, -0.15) is 5.10 Å². The molecular formula is C11H12ClN3O. The first-order valence-electron chi connectivity index (χ1n) is 4.97. The van der Waals surface area contributed by atoms with Crippen LogP contribution < -0.4 is 5.56 Å². The second kappa shape index (κ2) is 4.53. The summed E-state index contributed by atoms with van der Waals surface area (Å²) >= 11 is 5.75. The maximum Gasteiger partial charge on any atom is 0.266 e. The molecule has 0 aliphatic carbocycles. The quantitative estimate of drug-likeness (QED) is 0.778. The van der Waals surface area contributed by atoms with E-state index in [0.29, 0.717) is 11.7 Å². The lowest BCUT2D eigenvalue weighted by Crippen LogP contribution is -2.35. The van der Waals surface area contributed by atoms with Gasteiger partial charge in [-0.15, -0.1) is 0 Å². The summed E-state index contributed by atoms with van der Waals surface area (Å²) in [5, 5.41) is 4.32. The van der Waals surface area contributed by atoms with Gasteiger partial charge in [0.1, 0.15) is 5.15 Å². The van der Waals surface area contributed by atoms with E-state index in [1.807, 2.05) is 36.4 Å². The lowest BCUT2D eigenvalue weighted by atomic mass is 10.2. The van der Waals surface area contributed by atoms with Crippen LogP contribution in [0.4, 0.5) is 0 Å². The van der Waals surface area contributed by atoms with Crippen molar-refractivity contribution in [2.24, 2.45) is 0 Å². The summed E-state index contributed by atoms with van der Waals surface area (Å²) < 4.78 is 1.38. The van der Waals surface area contributed by atoms with Gasteiger partial charge in [-0.1, -0.05) is 23.8 Å². The molecule has 1 aliphatic rings. The molecular weight excluding hydrogens is 226 g/mol. The average Bonchev–Trinajstić information content (AvgIpc) is 2.27. The minimum atomic E-state index is -0.138. The summed E-state index contributed by atoms with van der Waals surface area (Å²) in [6.07, 6.45) is 7.89.